The highest BCUT2D eigenvalue weighted by Crippen LogP contribution is 2.24. The van der Waals surface area contributed by atoms with Crippen LogP contribution in [-0.4, -0.2) is 29.9 Å². The van der Waals surface area contributed by atoms with Gasteiger partial charge in [0.1, 0.15) is 0 Å². The number of nitrogens with one attached hydrogen (secondary N) is 2. The van der Waals surface area contributed by atoms with E-state index in [-0.39, 0.29) is 6.04 Å². The Hall–Kier alpha value is -2.02. The molecule has 2 aromatic carbocycles. The maximum Gasteiger partial charge on any atom is 0.171 e. The summed E-state index contributed by atoms with van der Waals surface area (Å²) in [5.74, 6) is 0. The van der Waals surface area contributed by atoms with Crippen LogP contribution in [0.5, 0.6) is 0 Å². The fourth-order valence-corrected chi connectivity index (χ4v) is 3.88. The smallest absolute Gasteiger partial charge is 0.171 e. The average Bonchev–Trinajstić information content (AvgIpc) is 2.99. The summed E-state index contributed by atoms with van der Waals surface area (Å²) in [4.78, 5) is 4.69. The molecule has 0 saturated carbocycles. The molecule has 0 saturated heterocycles. The number of hydrogen-bond acceptors (Lipinski definition) is 4. The van der Waals surface area contributed by atoms with Crippen molar-refractivity contribution < 1.29 is 4.74 Å². The fraction of sp³-hybridized carbons (Fsp3) is 0.263. The molecule has 0 aliphatic rings. The maximum absolute atomic E-state index is 5.31. The molecular formula is C19H21N3OS2. The van der Waals surface area contributed by atoms with Gasteiger partial charge in [0.15, 0.2) is 5.11 Å². The Morgan fingerprint density at radius 2 is 1.96 bits per heavy atom. The van der Waals surface area contributed by atoms with Crippen molar-refractivity contribution in [2.75, 3.05) is 19.0 Å². The van der Waals surface area contributed by atoms with Crippen LogP contribution in [0.1, 0.15) is 17.5 Å². The van der Waals surface area contributed by atoms with E-state index in [2.05, 4.69) is 45.9 Å². The standard InChI is InChI=1S/C19H21N3OS2/c1-13(12-23-2)20-19(24)21-15-9-7-14(8-10-15)11-18-22-16-5-3-4-6-17(16)25-18/h3-10,13H,11-12H2,1-2H3,(H2,20,21,24). The minimum Gasteiger partial charge on any atom is -0.383 e. The zero-order valence-electron chi connectivity index (χ0n) is 14.3. The van der Waals surface area contributed by atoms with Gasteiger partial charge in [0.2, 0.25) is 0 Å². The first-order valence-corrected chi connectivity index (χ1v) is 9.36. The highest BCUT2D eigenvalue weighted by molar-refractivity contribution is 7.80. The van der Waals surface area contributed by atoms with Gasteiger partial charge < -0.3 is 15.4 Å². The molecule has 2 N–H and O–H groups in total. The number of fused-ring (bicyclic) bond motifs is 1. The summed E-state index contributed by atoms with van der Waals surface area (Å²) in [6, 6.07) is 16.7. The Balaban J connectivity index is 1.59. The normalized spacial score (nSPS) is 12.1. The van der Waals surface area contributed by atoms with E-state index in [9.17, 15) is 0 Å². The zero-order chi connectivity index (χ0) is 17.6. The summed E-state index contributed by atoms with van der Waals surface area (Å²) in [5, 5.41) is 8.11. The van der Waals surface area contributed by atoms with Crippen LogP contribution in [0.15, 0.2) is 48.5 Å². The van der Waals surface area contributed by atoms with Crippen LogP contribution in [0.4, 0.5) is 5.69 Å². The number of thiocarbonyl (C=S) groups is 1. The minimum atomic E-state index is 0.170. The molecule has 1 unspecified atom stereocenters. The molecule has 130 valence electrons. The van der Waals surface area contributed by atoms with Crippen LogP contribution >= 0.6 is 23.6 Å². The summed E-state index contributed by atoms with van der Waals surface area (Å²) in [5.41, 5.74) is 3.27. The second-order valence-corrected chi connectivity index (χ2v) is 7.43. The summed E-state index contributed by atoms with van der Waals surface area (Å²) < 4.78 is 6.33. The van der Waals surface area contributed by atoms with Crippen LogP contribution in [0.3, 0.4) is 0 Å². The zero-order valence-corrected chi connectivity index (χ0v) is 15.9. The number of benzene rings is 2. The Bertz CT molecular complexity index is 812. The predicted molar refractivity (Wildman–Crippen MR) is 110 cm³/mol. The van der Waals surface area contributed by atoms with E-state index in [1.807, 2.05) is 25.1 Å². The predicted octanol–water partition coefficient (Wildman–Crippen LogP) is 4.21. The number of para-hydroxylation sites is 1. The van der Waals surface area contributed by atoms with Crippen molar-refractivity contribution in [1.29, 1.82) is 0 Å². The molecular weight excluding hydrogens is 350 g/mol. The molecule has 0 fully saturated rings. The molecule has 3 aromatic rings. The fourth-order valence-electron chi connectivity index (χ4n) is 2.56. The van der Waals surface area contributed by atoms with Gasteiger partial charge in [-0.2, -0.15) is 0 Å². The first kappa shape index (κ1) is 17.8. The van der Waals surface area contributed by atoms with E-state index in [0.717, 1.165) is 22.6 Å². The topological polar surface area (TPSA) is 46.2 Å². The number of methoxy groups -OCH3 is 1. The lowest BCUT2D eigenvalue weighted by molar-refractivity contribution is 0.179. The molecule has 6 heteroatoms. The SMILES string of the molecule is COCC(C)NC(=S)Nc1ccc(Cc2nc3ccccc3s2)cc1. The van der Waals surface area contributed by atoms with Crippen LogP contribution in [0.2, 0.25) is 0 Å². The number of thiazole rings is 1. The van der Waals surface area contributed by atoms with Crippen LogP contribution in [-0.2, 0) is 11.2 Å². The van der Waals surface area contributed by atoms with E-state index in [1.165, 1.54) is 10.3 Å². The highest BCUT2D eigenvalue weighted by atomic mass is 32.1. The second-order valence-electron chi connectivity index (χ2n) is 5.90. The number of rotatable bonds is 6. The quantitative estimate of drug-likeness (QED) is 0.636. The van der Waals surface area contributed by atoms with Gasteiger partial charge >= 0.3 is 0 Å². The van der Waals surface area contributed by atoms with Crippen LogP contribution < -0.4 is 10.6 Å². The molecule has 0 spiro atoms. The Morgan fingerprint density at radius 3 is 2.68 bits per heavy atom. The van der Waals surface area contributed by atoms with E-state index < -0.39 is 0 Å². The van der Waals surface area contributed by atoms with Crippen molar-refractivity contribution in [3.8, 4) is 0 Å². The van der Waals surface area contributed by atoms with Gasteiger partial charge in [-0.05, 0) is 49.0 Å². The number of hydrogen-bond donors (Lipinski definition) is 2. The van der Waals surface area contributed by atoms with Crippen molar-refractivity contribution >= 4 is 44.6 Å². The van der Waals surface area contributed by atoms with Crippen molar-refractivity contribution in [3.05, 3.63) is 59.1 Å². The molecule has 0 aliphatic heterocycles. The summed E-state index contributed by atoms with van der Waals surface area (Å²) in [6.07, 6.45) is 0.840. The molecule has 0 radical (unpaired) electrons. The molecule has 4 nitrogen and oxygen atoms in total. The summed E-state index contributed by atoms with van der Waals surface area (Å²) in [7, 11) is 1.68. The molecule has 1 atom stereocenters. The van der Waals surface area contributed by atoms with Gasteiger partial charge in [0.25, 0.3) is 0 Å². The lowest BCUT2D eigenvalue weighted by atomic mass is 10.1. The monoisotopic (exact) mass is 371 g/mol. The minimum absolute atomic E-state index is 0.170. The van der Waals surface area contributed by atoms with Gasteiger partial charge in [-0.15, -0.1) is 11.3 Å². The van der Waals surface area contributed by atoms with Gasteiger partial charge in [0.05, 0.1) is 21.8 Å². The van der Waals surface area contributed by atoms with Gasteiger partial charge in [-0.25, -0.2) is 4.98 Å². The Morgan fingerprint density at radius 1 is 1.20 bits per heavy atom. The van der Waals surface area contributed by atoms with Crippen molar-refractivity contribution in [2.24, 2.45) is 0 Å². The summed E-state index contributed by atoms with van der Waals surface area (Å²) >= 11 is 7.06. The van der Waals surface area contributed by atoms with Crippen molar-refractivity contribution in [2.45, 2.75) is 19.4 Å². The molecule has 3 rings (SSSR count). The van der Waals surface area contributed by atoms with Crippen molar-refractivity contribution in [3.63, 3.8) is 0 Å². The Labute approximate surface area is 157 Å². The average molecular weight is 372 g/mol. The first-order chi connectivity index (χ1) is 12.1. The Kier molecular flexibility index (Phi) is 5.96. The lowest BCUT2D eigenvalue weighted by Gasteiger charge is -2.16. The highest BCUT2D eigenvalue weighted by Gasteiger charge is 2.06. The lowest BCUT2D eigenvalue weighted by Crippen LogP contribution is -2.38. The molecule has 1 heterocycles. The van der Waals surface area contributed by atoms with Crippen molar-refractivity contribution in [1.82, 2.24) is 10.3 Å². The van der Waals surface area contributed by atoms with Gasteiger partial charge in [0, 0.05) is 25.3 Å². The largest absolute Gasteiger partial charge is 0.383 e. The van der Waals surface area contributed by atoms with Gasteiger partial charge in [-0.3, -0.25) is 0 Å². The molecule has 0 aliphatic carbocycles. The molecule has 0 amide bonds. The van der Waals surface area contributed by atoms with Crippen LogP contribution in [0, 0.1) is 0 Å². The molecule has 1 aromatic heterocycles. The van der Waals surface area contributed by atoms with E-state index in [0.29, 0.717) is 11.7 Å². The van der Waals surface area contributed by atoms with Crippen LogP contribution in [0.25, 0.3) is 10.2 Å². The van der Waals surface area contributed by atoms with E-state index in [4.69, 9.17) is 17.0 Å². The third kappa shape index (κ3) is 4.98. The number of aromatic nitrogens is 1. The maximum atomic E-state index is 5.31. The van der Waals surface area contributed by atoms with Gasteiger partial charge in [-0.1, -0.05) is 24.3 Å². The first-order valence-electron chi connectivity index (χ1n) is 8.14. The van der Waals surface area contributed by atoms with E-state index >= 15 is 0 Å². The third-order valence-corrected chi connectivity index (χ3v) is 4.96. The molecule has 0 bridgehead atoms. The number of nitrogens with zero attached hydrogens (tertiary/aromatic N) is 1. The van der Waals surface area contributed by atoms with E-state index in [1.54, 1.807) is 18.4 Å². The number of ether oxygens (including phenoxy) is 1. The second kappa shape index (κ2) is 8.38. The summed E-state index contributed by atoms with van der Waals surface area (Å²) in [6.45, 7) is 2.64. The number of anilines is 1. The third-order valence-electron chi connectivity index (χ3n) is 3.70. The molecule has 25 heavy (non-hydrogen) atoms.